The van der Waals surface area contributed by atoms with Gasteiger partial charge in [-0.05, 0) is 42.8 Å². The highest BCUT2D eigenvalue weighted by Crippen LogP contribution is 2.29. The van der Waals surface area contributed by atoms with Gasteiger partial charge in [0.1, 0.15) is 11.6 Å². The van der Waals surface area contributed by atoms with Gasteiger partial charge in [0.25, 0.3) is 0 Å². The van der Waals surface area contributed by atoms with E-state index in [1.807, 2.05) is 31.2 Å². The number of halogens is 3. The SMILES string of the molecule is CCNC(c1cccc(Br)c1)c1c(F)ccc(C)c1F. The molecule has 0 bridgehead atoms. The minimum Gasteiger partial charge on any atom is -0.306 e. The fraction of sp³-hybridized carbons (Fsp3) is 0.250. The molecule has 0 saturated carbocycles. The Bertz CT molecular complexity index is 613. The molecule has 1 unspecified atom stereocenters. The van der Waals surface area contributed by atoms with Crippen LogP contribution in [0.2, 0.25) is 0 Å². The number of benzene rings is 2. The lowest BCUT2D eigenvalue weighted by Crippen LogP contribution is -2.24. The molecule has 106 valence electrons. The first-order valence-electron chi connectivity index (χ1n) is 6.48. The molecule has 0 aliphatic carbocycles. The van der Waals surface area contributed by atoms with Crippen molar-refractivity contribution in [2.45, 2.75) is 19.9 Å². The summed E-state index contributed by atoms with van der Waals surface area (Å²) in [5.41, 5.74) is 1.34. The summed E-state index contributed by atoms with van der Waals surface area (Å²) in [6, 6.07) is 9.74. The van der Waals surface area contributed by atoms with E-state index >= 15 is 0 Å². The Labute approximate surface area is 126 Å². The van der Waals surface area contributed by atoms with Crippen LogP contribution in [0.3, 0.4) is 0 Å². The summed E-state index contributed by atoms with van der Waals surface area (Å²) >= 11 is 3.39. The molecular formula is C16H16BrF2N. The predicted octanol–water partition coefficient (Wildman–Crippen LogP) is 4.73. The van der Waals surface area contributed by atoms with Gasteiger partial charge in [0.15, 0.2) is 0 Å². The third kappa shape index (κ3) is 3.07. The Morgan fingerprint density at radius 2 is 1.95 bits per heavy atom. The largest absolute Gasteiger partial charge is 0.306 e. The van der Waals surface area contributed by atoms with Crippen molar-refractivity contribution < 1.29 is 8.78 Å². The second-order valence-electron chi connectivity index (χ2n) is 4.64. The van der Waals surface area contributed by atoms with E-state index in [4.69, 9.17) is 0 Å². The molecule has 1 N–H and O–H groups in total. The molecule has 0 radical (unpaired) electrons. The van der Waals surface area contributed by atoms with Gasteiger partial charge in [-0.3, -0.25) is 0 Å². The zero-order valence-electron chi connectivity index (χ0n) is 11.4. The third-order valence-corrected chi connectivity index (χ3v) is 3.69. The maximum absolute atomic E-state index is 14.3. The molecule has 2 aromatic rings. The molecular weight excluding hydrogens is 324 g/mol. The van der Waals surface area contributed by atoms with Crippen LogP contribution in [0.25, 0.3) is 0 Å². The van der Waals surface area contributed by atoms with Crippen LogP contribution in [0, 0.1) is 18.6 Å². The van der Waals surface area contributed by atoms with Gasteiger partial charge in [0.05, 0.1) is 6.04 Å². The Kier molecular flexibility index (Phi) is 4.89. The molecule has 1 atom stereocenters. The molecule has 0 aromatic heterocycles. The molecule has 0 spiro atoms. The minimum absolute atomic E-state index is 0.0740. The Hall–Kier alpha value is -1.26. The summed E-state index contributed by atoms with van der Waals surface area (Å²) in [5.74, 6) is -1.02. The average molecular weight is 340 g/mol. The van der Waals surface area contributed by atoms with Gasteiger partial charge in [0, 0.05) is 10.0 Å². The first-order chi connectivity index (χ1) is 9.54. The third-order valence-electron chi connectivity index (χ3n) is 3.20. The van der Waals surface area contributed by atoms with Gasteiger partial charge < -0.3 is 5.32 Å². The van der Waals surface area contributed by atoms with E-state index in [1.54, 1.807) is 6.92 Å². The Morgan fingerprint density at radius 3 is 2.60 bits per heavy atom. The number of rotatable bonds is 4. The number of aryl methyl sites for hydroxylation is 1. The predicted molar refractivity (Wildman–Crippen MR) is 80.8 cm³/mol. The van der Waals surface area contributed by atoms with Crippen LogP contribution in [0.5, 0.6) is 0 Å². The Balaban J connectivity index is 2.57. The molecule has 0 saturated heterocycles. The van der Waals surface area contributed by atoms with Gasteiger partial charge >= 0.3 is 0 Å². The standard InChI is InChI=1S/C16H16BrF2N/c1-3-20-16(11-5-4-6-12(17)9-11)14-13(18)8-7-10(2)15(14)19/h4-9,16,20H,3H2,1-2H3. The van der Waals surface area contributed by atoms with Crippen molar-refractivity contribution in [2.75, 3.05) is 6.54 Å². The molecule has 0 amide bonds. The monoisotopic (exact) mass is 339 g/mol. The molecule has 0 aliphatic rings. The molecule has 1 nitrogen and oxygen atoms in total. The van der Waals surface area contributed by atoms with E-state index in [0.29, 0.717) is 12.1 Å². The lowest BCUT2D eigenvalue weighted by Gasteiger charge is -2.21. The minimum atomic E-state index is -0.529. The van der Waals surface area contributed by atoms with E-state index < -0.39 is 17.7 Å². The highest BCUT2D eigenvalue weighted by molar-refractivity contribution is 9.10. The van der Waals surface area contributed by atoms with Crippen LogP contribution in [-0.2, 0) is 0 Å². The van der Waals surface area contributed by atoms with Crippen molar-refractivity contribution in [3.8, 4) is 0 Å². The van der Waals surface area contributed by atoms with Crippen molar-refractivity contribution in [3.05, 3.63) is 69.2 Å². The normalized spacial score (nSPS) is 12.4. The molecule has 0 aliphatic heterocycles. The molecule has 2 rings (SSSR count). The second kappa shape index (κ2) is 6.46. The number of nitrogens with one attached hydrogen (secondary N) is 1. The molecule has 20 heavy (non-hydrogen) atoms. The maximum Gasteiger partial charge on any atom is 0.134 e. The van der Waals surface area contributed by atoms with Crippen LogP contribution in [0.1, 0.15) is 29.7 Å². The molecule has 0 fully saturated rings. The number of hydrogen-bond donors (Lipinski definition) is 1. The zero-order chi connectivity index (χ0) is 14.7. The molecule has 4 heteroatoms. The van der Waals surface area contributed by atoms with Crippen LogP contribution in [-0.4, -0.2) is 6.54 Å². The second-order valence-corrected chi connectivity index (χ2v) is 5.55. The van der Waals surface area contributed by atoms with E-state index in [1.165, 1.54) is 12.1 Å². The van der Waals surface area contributed by atoms with Crippen molar-refractivity contribution in [1.29, 1.82) is 0 Å². The van der Waals surface area contributed by atoms with E-state index in [2.05, 4.69) is 21.2 Å². The average Bonchev–Trinajstić information content (AvgIpc) is 2.42. The first-order valence-corrected chi connectivity index (χ1v) is 7.27. The fourth-order valence-electron chi connectivity index (χ4n) is 2.22. The summed E-state index contributed by atoms with van der Waals surface area (Å²) in [6.07, 6.45) is 0. The van der Waals surface area contributed by atoms with Crippen molar-refractivity contribution in [1.82, 2.24) is 5.32 Å². The van der Waals surface area contributed by atoms with E-state index in [9.17, 15) is 8.78 Å². The van der Waals surface area contributed by atoms with Crippen molar-refractivity contribution in [2.24, 2.45) is 0 Å². The van der Waals surface area contributed by atoms with Gasteiger partial charge in [-0.1, -0.05) is 41.1 Å². The summed E-state index contributed by atoms with van der Waals surface area (Å²) < 4.78 is 29.3. The van der Waals surface area contributed by atoms with Crippen molar-refractivity contribution >= 4 is 15.9 Å². The van der Waals surface area contributed by atoms with E-state index in [-0.39, 0.29) is 5.56 Å². The number of hydrogen-bond acceptors (Lipinski definition) is 1. The summed E-state index contributed by atoms with van der Waals surface area (Å²) in [7, 11) is 0. The van der Waals surface area contributed by atoms with Crippen LogP contribution in [0.15, 0.2) is 40.9 Å². The van der Waals surface area contributed by atoms with Crippen LogP contribution >= 0.6 is 15.9 Å². The molecule has 2 aromatic carbocycles. The first kappa shape index (κ1) is 15.1. The van der Waals surface area contributed by atoms with Gasteiger partial charge in [0.2, 0.25) is 0 Å². The van der Waals surface area contributed by atoms with E-state index in [0.717, 1.165) is 10.0 Å². The summed E-state index contributed by atoms with van der Waals surface area (Å²) in [4.78, 5) is 0. The van der Waals surface area contributed by atoms with Crippen molar-refractivity contribution in [3.63, 3.8) is 0 Å². The summed E-state index contributed by atoms with van der Waals surface area (Å²) in [6.45, 7) is 4.17. The van der Waals surface area contributed by atoms with Gasteiger partial charge in [-0.2, -0.15) is 0 Å². The highest BCUT2D eigenvalue weighted by atomic mass is 79.9. The topological polar surface area (TPSA) is 12.0 Å². The zero-order valence-corrected chi connectivity index (χ0v) is 13.0. The van der Waals surface area contributed by atoms with Gasteiger partial charge in [-0.15, -0.1) is 0 Å². The molecule has 0 heterocycles. The quantitative estimate of drug-likeness (QED) is 0.848. The smallest absolute Gasteiger partial charge is 0.134 e. The maximum atomic E-state index is 14.3. The lowest BCUT2D eigenvalue weighted by atomic mass is 9.96. The fourth-order valence-corrected chi connectivity index (χ4v) is 2.64. The van der Waals surface area contributed by atoms with Crippen LogP contribution < -0.4 is 5.32 Å². The highest BCUT2D eigenvalue weighted by Gasteiger charge is 2.22. The summed E-state index contributed by atoms with van der Waals surface area (Å²) in [5, 5.41) is 3.15. The van der Waals surface area contributed by atoms with Gasteiger partial charge in [-0.25, -0.2) is 8.78 Å². The lowest BCUT2D eigenvalue weighted by molar-refractivity contribution is 0.506. The van der Waals surface area contributed by atoms with Crippen LogP contribution in [0.4, 0.5) is 8.78 Å². The Morgan fingerprint density at radius 1 is 1.20 bits per heavy atom.